The van der Waals surface area contributed by atoms with Crippen molar-refractivity contribution in [2.75, 3.05) is 32.2 Å². The SMILES string of the molecule is COc1ccc(N(C)CC2(CO)CCC2)cc1C. The van der Waals surface area contributed by atoms with Gasteiger partial charge in [0.25, 0.3) is 0 Å². The predicted molar refractivity (Wildman–Crippen MR) is 74.4 cm³/mol. The minimum Gasteiger partial charge on any atom is -0.496 e. The van der Waals surface area contributed by atoms with Crippen LogP contribution in [0.2, 0.25) is 0 Å². The highest BCUT2D eigenvalue weighted by Crippen LogP contribution is 2.41. The van der Waals surface area contributed by atoms with Gasteiger partial charge in [0, 0.05) is 24.7 Å². The van der Waals surface area contributed by atoms with Crippen molar-refractivity contribution in [3.8, 4) is 5.75 Å². The molecule has 1 aliphatic rings. The highest BCUT2D eigenvalue weighted by Gasteiger charge is 2.37. The second-order valence-corrected chi connectivity index (χ2v) is 5.52. The summed E-state index contributed by atoms with van der Waals surface area (Å²) in [6, 6.07) is 6.23. The van der Waals surface area contributed by atoms with Gasteiger partial charge in [-0.3, -0.25) is 0 Å². The molecule has 1 saturated carbocycles. The Bertz CT molecular complexity index is 407. The van der Waals surface area contributed by atoms with Gasteiger partial charge in [-0.15, -0.1) is 0 Å². The number of aryl methyl sites for hydroxylation is 1. The van der Waals surface area contributed by atoms with Gasteiger partial charge in [-0.25, -0.2) is 0 Å². The lowest BCUT2D eigenvalue weighted by Crippen LogP contribution is -2.43. The Labute approximate surface area is 109 Å². The molecule has 0 spiro atoms. The Kier molecular flexibility index (Phi) is 3.81. The Morgan fingerprint density at radius 3 is 2.56 bits per heavy atom. The summed E-state index contributed by atoms with van der Waals surface area (Å²) in [5.41, 5.74) is 2.46. The van der Waals surface area contributed by atoms with Crippen molar-refractivity contribution < 1.29 is 9.84 Å². The van der Waals surface area contributed by atoms with Crippen molar-refractivity contribution in [3.63, 3.8) is 0 Å². The topological polar surface area (TPSA) is 32.7 Å². The monoisotopic (exact) mass is 249 g/mol. The van der Waals surface area contributed by atoms with Gasteiger partial charge < -0.3 is 14.7 Å². The van der Waals surface area contributed by atoms with Crippen molar-refractivity contribution >= 4 is 5.69 Å². The van der Waals surface area contributed by atoms with Crippen molar-refractivity contribution in [2.24, 2.45) is 5.41 Å². The normalized spacial score (nSPS) is 17.1. The van der Waals surface area contributed by atoms with Crippen molar-refractivity contribution in [1.29, 1.82) is 0 Å². The van der Waals surface area contributed by atoms with Crippen LogP contribution >= 0.6 is 0 Å². The number of methoxy groups -OCH3 is 1. The molecule has 100 valence electrons. The molecule has 3 heteroatoms. The molecule has 1 N–H and O–H groups in total. The number of hydrogen-bond acceptors (Lipinski definition) is 3. The third-order valence-corrected chi connectivity index (χ3v) is 4.14. The lowest BCUT2D eigenvalue weighted by Gasteiger charge is -2.43. The number of ether oxygens (including phenoxy) is 1. The molecule has 3 nitrogen and oxygen atoms in total. The standard InChI is InChI=1S/C15H23NO2/c1-12-9-13(5-6-14(12)18-3)16(2)10-15(11-17)7-4-8-15/h5-6,9,17H,4,7-8,10-11H2,1-3H3. The van der Waals surface area contributed by atoms with Crippen LogP contribution in [-0.4, -0.2) is 32.4 Å². The first-order valence-corrected chi connectivity index (χ1v) is 6.57. The maximum absolute atomic E-state index is 9.52. The van der Waals surface area contributed by atoms with Crippen LogP contribution < -0.4 is 9.64 Å². The van der Waals surface area contributed by atoms with E-state index in [0.29, 0.717) is 6.61 Å². The zero-order valence-electron chi connectivity index (χ0n) is 11.6. The van der Waals surface area contributed by atoms with E-state index in [1.165, 1.54) is 12.1 Å². The number of anilines is 1. The molecule has 18 heavy (non-hydrogen) atoms. The van der Waals surface area contributed by atoms with Crippen LogP contribution in [0.3, 0.4) is 0 Å². The number of benzene rings is 1. The molecule has 0 saturated heterocycles. The van der Waals surface area contributed by atoms with Gasteiger partial charge in [0.1, 0.15) is 5.75 Å². The smallest absolute Gasteiger partial charge is 0.121 e. The largest absolute Gasteiger partial charge is 0.496 e. The summed E-state index contributed by atoms with van der Waals surface area (Å²) < 4.78 is 5.28. The molecule has 0 aliphatic heterocycles. The molecule has 0 heterocycles. The van der Waals surface area contributed by atoms with Gasteiger partial charge in [-0.1, -0.05) is 6.42 Å². The summed E-state index contributed by atoms with van der Waals surface area (Å²) in [4.78, 5) is 2.24. The predicted octanol–water partition coefficient (Wildman–Crippen LogP) is 2.60. The summed E-state index contributed by atoms with van der Waals surface area (Å²) >= 11 is 0. The summed E-state index contributed by atoms with van der Waals surface area (Å²) in [5.74, 6) is 0.924. The Morgan fingerprint density at radius 1 is 1.39 bits per heavy atom. The molecule has 0 bridgehead atoms. The van der Waals surface area contributed by atoms with E-state index in [4.69, 9.17) is 4.74 Å². The van der Waals surface area contributed by atoms with Crippen molar-refractivity contribution in [2.45, 2.75) is 26.2 Å². The molecule has 1 aromatic carbocycles. The van der Waals surface area contributed by atoms with Crippen molar-refractivity contribution in [3.05, 3.63) is 23.8 Å². The minimum atomic E-state index is 0.128. The van der Waals surface area contributed by atoms with Crippen LogP contribution in [0.1, 0.15) is 24.8 Å². The fourth-order valence-electron chi connectivity index (χ4n) is 2.74. The number of nitrogens with zero attached hydrogens (tertiary/aromatic N) is 1. The van der Waals surface area contributed by atoms with E-state index in [1.54, 1.807) is 7.11 Å². The van der Waals surface area contributed by atoms with E-state index in [2.05, 4.69) is 31.0 Å². The molecule has 0 unspecified atom stereocenters. The zero-order valence-corrected chi connectivity index (χ0v) is 11.6. The van der Waals surface area contributed by atoms with Crippen LogP contribution in [0.25, 0.3) is 0 Å². The van der Waals surface area contributed by atoms with Gasteiger partial charge in [0.05, 0.1) is 13.7 Å². The third-order valence-electron chi connectivity index (χ3n) is 4.14. The number of rotatable bonds is 5. The van der Waals surface area contributed by atoms with Gasteiger partial charge in [0.15, 0.2) is 0 Å². The first-order chi connectivity index (χ1) is 8.60. The summed E-state index contributed by atoms with van der Waals surface area (Å²) in [6.07, 6.45) is 3.53. The molecule has 2 rings (SSSR count). The molecule has 0 atom stereocenters. The van der Waals surface area contributed by atoms with Gasteiger partial charge in [-0.2, -0.15) is 0 Å². The molecular weight excluding hydrogens is 226 g/mol. The van der Waals surface area contributed by atoms with E-state index < -0.39 is 0 Å². The molecule has 0 aromatic heterocycles. The number of hydrogen-bond donors (Lipinski definition) is 1. The minimum absolute atomic E-state index is 0.128. The third kappa shape index (κ3) is 2.46. The molecule has 1 fully saturated rings. The zero-order chi connectivity index (χ0) is 13.2. The van der Waals surface area contributed by atoms with Gasteiger partial charge in [0.2, 0.25) is 0 Å². The second kappa shape index (κ2) is 5.19. The number of aliphatic hydroxyl groups excluding tert-OH is 1. The van der Waals surface area contributed by atoms with E-state index in [1.807, 2.05) is 6.07 Å². The molecular formula is C15H23NO2. The van der Waals surface area contributed by atoms with Crippen LogP contribution in [-0.2, 0) is 0 Å². The fourth-order valence-corrected chi connectivity index (χ4v) is 2.74. The number of aliphatic hydroxyl groups is 1. The van der Waals surface area contributed by atoms with Crippen molar-refractivity contribution in [1.82, 2.24) is 0 Å². The summed E-state index contributed by atoms with van der Waals surface area (Å²) in [6.45, 7) is 3.28. The van der Waals surface area contributed by atoms with Gasteiger partial charge in [-0.05, 0) is 43.5 Å². The lowest BCUT2D eigenvalue weighted by molar-refractivity contribution is 0.0524. The highest BCUT2D eigenvalue weighted by molar-refractivity contribution is 5.52. The first kappa shape index (κ1) is 13.2. The summed E-state index contributed by atoms with van der Waals surface area (Å²) in [7, 11) is 3.79. The second-order valence-electron chi connectivity index (χ2n) is 5.52. The molecule has 1 aliphatic carbocycles. The van der Waals surface area contributed by atoms with E-state index in [-0.39, 0.29) is 5.41 Å². The van der Waals surface area contributed by atoms with Crippen LogP contribution in [0.4, 0.5) is 5.69 Å². The first-order valence-electron chi connectivity index (χ1n) is 6.57. The fraction of sp³-hybridized carbons (Fsp3) is 0.600. The Balaban J connectivity index is 2.09. The average molecular weight is 249 g/mol. The average Bonchev–Trinajstić information content (AvgIpc) is 2.33. The Hall–Kier alpha value is -1.22. The molecule has 1 aromatic rings. The van der Waals surface area contributed by atoms with Crippen LogP contribution in [0.15, 0.2) is 18.2 Å². The maximum Gasteiger partial charge on any atom is 0.121 e. The van der Waals surface area contributed by atoms with E-state index in [9.17, 15) is 5.11 Å². The Morgan fingerprint density at radius 2 is 2.11 bits per heavy atom. The maximum atomic E-state index is 9.52. The summed E-state index contributed by atoms with van der Waals surface area (Å²) in [5, 5.41) is 9.52. The van der Waals surface area contributed by atoms with E-state index in [0.717, 1.165) is 30.7 Å². The van der Waals surface area contributed by atoms with Crippen LogP contribution in [0, 0.1) is 12.3 Å². The highest BCUT2D eigenvalue weighted by atomic mass is 16.5. The molecule has 0 amide bonds. The van der Waals surface area contributed by atoms with Gasteiger partial charge >= 0.3 is 0 Å². The molecule has 0 radical (unpaired) electrons. The van der Waals surface area contributed by atoms with Crippen LogP contribution in [0.5, 0.6) is 5.75 Å². The van der Waals surface area contributed by atoms with E-state index >= 15 is 0 Å². The lowest BCUT2D eigenvalue weighted by atomic mass is 9.69. The quantitative estimate of drug-likeness (QED) is 0.870.